The Kier molecular flexibility index (Phi) is 4.02. The van der Waals surface area contributed by atoms with Gasteiger partial charge in [-0.25, -0.2) is 0 Å². The van der Waals surface area contributed by atoms with Gasteiger partial charge in [0.15, 0.2) is 0 Å². The molecule has 1 aliphatic rings. The van der Waals surface area contributed by atoms with Gasteiger partial charge in [-0.1, -0.05) is 60.7 Å². The highest BCUT2D eigenvalue weighted by molar-refractivity contribution is 6.03. The first-order chi connectivity index (χ1) is 12.3. The van der Waals surface area contributed by atoms with Crippen LogP contribution in [0.4, 0.5) is 5.69 Å². The van der Waals surface area contributed by atoms with Gasteiger partial charge >= 0.3 is 0 Å². The van der Waals surface area contributed by atoms with Crippen LogP contribution in [0.25, 0.3) is 0 Å². The second kappa shape index (κ2) is 6.62. The van der Waals surface area contributed by atoms with Crippen molar-refractivity contribution in [3.05, 3.63) is 102 Å². The lowest BCUT2D eigenvalue weighted by molar-refractivity contribution is 0.709. The number of rotatable bonds is 3. The van der Waals surface area contributed by atoms with Crippen LogP contribution < -0.4 is 5.01 Å². The number of hydrazone groups is 1. The smallest absolute Gasteiger partial charge is 0.0991 e. The van der Waals surface area contributed by atoms with Gasteiger partial charge in [0.05, 0.1) is 29.1 Å². The van der Waals surface area contributed by atoms with Crippen LogP contribution in [0.1, 0.15) is 29.2 Å². The lowest BCUT2D eigenvalue weighted by Crippen LogP contribution is -2.18. The highest BCUT2D eigenvalue weighted by Crippen LogP contribution is 2.36. The van der Waals surface area contributed by atoms with Crippen molar-refractivity contribution in [2.45, 2.75) is 12.5 Å². The lowest BCUT2D eigenvalue weighted by atomic mass is 9.98. The van der Waals surface area contributed by atoms with E-state index in [1.54, 1.807) is 0 Å². The molecule has 3 aromatic carbocycles. The third kappa shape index (κ3) is 3.02. The van der Waals surface area contributed by atoms with E-state index < -0.39 is 0 Å². The van der Waals surface area contributed by atoms with Crippen molar-refractivity contribution in [3.63, 3.8) is 0 Å². The molecule has 0 spiro atoms. The molecule has 0 saturated heterocycles. The third-order valence-electron chi connectivity index (χ3n) is 4.46. The Balaban J connectivity index is 1.73. The second-order valence-electron chi connectivity index (χ2n) is 6.05. The highest BCUT2D eigenvalue weighted by atomic mass is 15.5. The topological polar surface area (TPSA) is 39.4 Å². The fourth-order valence-corrected chi connectivity index (χ4v) is 3.18. The molecular formula is C22H17N3. The maximum absolute atomic E-state index is 8.99. The zero-order chi connectivity index (χ0) is 17.1. The Hall–Kier alpha value is -3.38. The van der Waals surface area contributed by atoms with Gasteiger partial charge in [-0.2, -0.15) is 10.4 Å². The van der Waals surface area contributed by atoms with Gasteiger partial charge in [0.25, 0.3) is 0 Å². The van der Waals surface area contributed by atoms with Crippen LogP contribution in [0.15, 0.2) is 90.0 Å². The van der Waals surface area contributed by atoms with Gasteiger partial charge in [-0.3, -0.25) is 5.01 Å². The monoisotopic (exact) mass is 323 g/mol. The van der Waals surface area contributed by atoms with E-state index in [0.717, 1.165) is 23.4 Å². The van der Waals surface area contributed by atoms with Crippen LogP contribution >= 0.6 is 0 Å². The maximum atomic E-state index is 8.99. The van der Waals surface area contributed by atoms with E-state index in [1.165, 1.54) is 5.56 Å². The molecule has 0 fully saturated rings. The predicted octanol–water partition coefficient (Wildman–Crippen LogP) is 4.91. The minimum absolute atomic E-state index is 0.175. The van der Waals surface area contributed by atoms with E-state index in [2.05, 4.69) is 47.5 Å². The van der Waals surface area contributed by atoms with Crippen molar-refractivity contribution in [3.8, 4) is 6.07 Å². The summed E-state index contributed by atoms with van der Waals surface area (Å²) >= 11 is 0. The maximum Gasteiger partial charge on any atom is 0.0991 e. The quantitative estimate of drug-likeness (QED) is 0.686. The molecule has 1 atom stereocenters. The van der Waals surface area contributed by atoms with Crippen molar-refractivity contribution in [2.75, 3.05) is 5.01 Å². The van der Waals surface area contributed by atoms with Crippen LogP contribution in [0.3, 0.4) is 0 Å². The number of hydrogen-bond donors (Lipinski definition) is 0. The summed E-state index contributed by atoms with van der Waals surface area (Å²) in [6, 6.07) is 30.7. The molecule has 3 heteroatoms. The minimum atomic E-state index is 0.175. The average molecular weight is 323 g/mol. The molecule has 0 aliphatic carbocycles. The first-order valence-corrected chi connectivity index (χ1v) is 8.32. The molecular weight excluding hydrogens is 306 g/mol. The fourth-order valence-electron chi connectivity index (χ4n) is 3.18. The van der Waals surface area contributed by atoms with Crippen LogP contribution in [0.2, 0.25) is 0 Å². The number of hydrogen-bond acceptors (Lipinski definition) is 3. The molecule has 0 N–H and O–H groups in total. The summed E-state index contributed by atoms with van der Waals surface area (Å²) < 4.78 is 0. The fraction of sp³-hybridized carbons (Fsp3) is 0.0909. The molecule has 0 bridgehead atoms. The normalized spacial score (nSPS) is 16.4. The van der Waals surface area contributed by atoms with E-state index in [4.69, 9.17) is 10.4 Å². The molecule has 4 rings (SSSR count). The summed E-state index contributed by atoms with van der Waals surface area (Å²) in [5.74, 6) is 0. The highest BCUT2D eigenvalue weighted by Gasteiger charge is 2.29. The van der Waals surface area contributed by atoms with Crippen molar-refractivity contribution < 1.29 is 0 Å². The summed E-state index contributed by atoms with van der Waals surface area (Å²) in [6.07, 6.45) is 0.838. The molecule has 120 valence electrons. The number of anilines is 1. The molecule has 0 unspecified atom stereocenters. The third-order valence-corrected chi connectivity index (χ3v) is 4.46. The van der Waals surface area contributed by atoms with Crippen molar-refractivity contribution in [1.82, 2.24) is 0 Å². The van der Waals surface area contributed by atoms with E-state index >= 15 is 0 Å². The predicted molar refractivity (Wildman–Crippen MR) is 100 cm³/mol. The number of nitriles is 1. The molecule has 0 radical (unpaired) electrons. The van der Waals surface area contributed by atoms with Crippen LogP contribution in [0.5, 0.6) is 0 Å². The summed E-state index contributed by atoms with van der Waals surface area (Å²) in [5.41, 5.74) is 5.11. The van der Waals surface area contributed by atoms with Crippen molar-refractivity contribution in [2.24, 2.45) is 5.10 Å². The zero-order valence-corrected chi connectivity index (χ0v) is 13.7. The molecule has 0 aromatic heterocycles. The molecule has 1 heterocycles. The van der Waals surface area contributed by atoms with Crippen molar-refractivity contribution >= 4 is 11.4 Å². The second-order valence-corrected chi connectivity index (χ2v) is 6.05. The molecule has 25 heavy (non-hydrogen) atoms. The van der Waals surface area contributed by atoms with Crippen LogP contribution in [-0.4, -0.2) is 5.71 Å². The lowest BCUT2D eigenvalue weighted by Gasteiger charge is -2.23. The Morgan fingerprint density at radius 3 is 2.12 bits per heavy atom. The summed E-state index contributed by atoms with van der Waals surface area (Å²) in [4.78, 5) is 0. The van der Waals surface area contributed by atoms with E-state index in [0.29, 0.717) is 5.56 Å². The number of nitrogens with zero attached hydrogens (tertiary/aromatic N) is 3. The molecule has 0 saturated carbocycles. The number of para-hydroxylation sites is 1. The SMILES string of the molecule is N#Cc1ccc(C2=NN(c3ccccc3)[C@H](c3ccccc3)C2)cc1. The Bertz CT molecular complexity index is 923. The first kappa shape index (κ1) is 15.2. The number of benzene rings is 3. The van der Waals surface area contributed by atoms with Gasteiger partial charge in [0.2, 0.25) is 0 Å². The standard InChI is InChI=1S/C22H17N3/c23-16-17-11-13-18(14-12-17)21-15-22(19-7-3-1-4-8-19)25(24-21)20-9-5-2-6-10-20/h1-14,22H,15H2/t22-/m0/s1. The Labute approximate surface area is 147 Å². The van der Waals surface area contributed by atoms with Gasteiger partial charge in [-0.05, 0) is 35.4 Å². The van der Waals surface area contributed by atoms with E-state index in [9.17, 15) is 0 Å². The summed E-state index contributed by atoms with van der Waals surface area (Å²) in [6.45, 7) is 0. The van der Waals surface area contributed by atoms with E-state index in [1.807, 2.05) is 48.5 Å². The van der Waals surface area contributed by atoms with Gasteiger partial charge in [0, 0.05) is 6.42 Å². The summed E-state index contributed by atoms with van der Waals surface area (Å²) in [7, 11) is 0. The largest absolute Gasteiger partial charge is 0.257 e. The van der Waals surface area contributed by atoms with Crippen molar-refractivity contribution in [1.29, 1.82) is 5.26 Å². The molecule has 1 aliphatic heterocycles. The summed E-state index contributed by atoms with van der Waals surface area (Å²) in [5, 5.41) is 16.0. The molecule has 3 nitrogen and oxygen atoms in total. The van der Waals surface area contributed by atoms with Gasteiger partial charge < -0.3 is 0 Å². The first-order valence-electron chi connectivity index (χ1n) is 8.32. The van der Waals surface area contributed by atoms with Crippen LogP contribution in [0, 0.1) is 11.3 Å². The van der Waals surface area contributed by atoms with Gasteiger partial charge in [-0.15, -0.1) is 0 Å². The minimum Gasteiger partial charge on any atom is -0.257 e. The zero-order valence-electron chi connectivity index (χ0n) is 13.7. The Morgan fingerprint density at radius 1 is 0.840 bits per heavy atom. The molecule has 3 aromatic rings. The molecule has 0 amide bonds. The van der Waals surface area contributed by atoms with Crippen LogP contribution in [-0.2, 0) is 0 Å². The Morgan fingerprint density at radius 2 is 1.48 bits per heavy atom. The van der Waals surface area contributed by atoms with Gasteiger partial charge in [0.1, 0.15) is 0 Å². The average Bonchev–Trinajstić information content (AvgIpc) is 3.15. The van der Waals surface area contributed by atoms with E-state index in [-0.39, 0.29) is 6.04 Å².